The number of hydrogen-bond acceptors (Lipinski definition) is 3. The third kappa shape index (κ3) is 3.32. The van der Waals surface area contributed by atoms with Crippen molar-refractivity contribution >= 4 is 39.7 Å². The van der Waals surface area contributed by atoms with E-state index in [0.29, 0.717) is 6.42 Å². The van der Waals surface area contributed by atoms with E-state index in [1.165, 1.54) is 0 Å². The zero-order valence-corrected chi connectivity index (χ0v) is 18.4. The predicted molar refractivity (Wildman–Crippen MR) is 119 cm³/mol. The molecule has 0 saturated carbocycles. The zero-order chi connectivity index (χ0) is 19.8. The van der Waals surface area contributed by atoms with E-state index in [4.69, 9.17) is 9.97 Å². The van der Waals surface area contributed by atoms with Gasteiger partial charge in [0.2, 0.25) is 0 Å². The molecule has 6 heteroatoms. The third-order valence-corrected chi connectivity index (χ3v) is 6.31. The maximum atomic E-state index is 12.2. The van der Waals surface area contributed by atoms with Crippen LogP contribution in [0.2, 0.25) is 0 Å². The van der Waals surface area contributed by atoms with Gasteiger partial charge in [-0.25, -0.2) is 9.97 Å². The number of nitrogens with zero attached hydrogens (tertiary/aromatic N) is 3. The predicted octanol–water partition coefficient (Wildman–Crippen LogP) is 5.32. The van der Waals surface area contributed by atoms with Crippen LogP contribution in [0.3, 0.4) is 0 Å². The van der Waals surface area contributed by atoms with Crippen molar-refractivity contribution in [3.05, 3.63) is 44.9 Å². The Morgan fingerprint density at radius 1 is 1.25 bits per heavy atom. The smallest absolute Gasteiger partial charge is 0.311 e. The Labute approximate surface area is 178 Å². The molecule has 0 amide bonds. The molecule has 0 spiro atoms. The Morgan fingerprint density at radius 3 is 2.68 bits per heavy atom. The Kier molecular flexibility index (Phi) is 5.40. The summed E-state index contributed by atoms with van der Waals surface area (Å²) in [5.41, 5.74) is 5.40. The van der Waals surface area contributed by atoms with Crippen LogP contribution < -0.4 is 0 Å². The molecule has 1 unspecified atom stereocenters. The molecule has 0 saturated heterocycles. The monoisotopic (exact) mass is 489 g/mol. The van der Waals surface area contributed by atoms with Crippen LogP contribution in [0.15, 0.2) is 24.3 Å². The Balaban J connectivity index is 2.09. The summed E-state index contributed by atoms with van der Waals surface area (Å²) < 4.78 is 3.43. The largest absolute Gasteiger partial charge is 0.481 e. The van der Waals surface area contributed by atoms with Crippen LogP contribution in [0.1, 0.15) is 55.6 Å². The van der Waals surface area contributed by atoms with Gasteiger partial charge in [-0.05, 0) is 72.0 Å². The normalized spacial score (nSPS) is 14.8. The van der Waals surface area contributed by atoms with Crippen LogP contribution in [0.5, 0.6) is 0 Å². The molecule has 5 nitrogen and oxygen atoms in total. The number of pyridine rings is 1. The highest BCUT2D eigenvalue weighted by Crippen LogP contribution is 2.40. The fraction of sp³-hybridized carbons (Fsp3) is 0.409. The minimum atomic E-state index is -0.781. The lowest BCUT2D eigenvalue weighted by atomic mass is 9.86. The number of aliphatic carboxylic acids is 1. The van der Waals surface area contributed by atoms with Gasteiger partial charge in [0.1, 0.15) is 5.82 Å². The van der Waals surface area contributed by atoms with Crippen LogP contribution in [-0.4, -0.2) is 25.6 Å². The lowest BCUT2D eigenvalue weighted by Crippen LogP contribution is -2.16. The van der Waals surface area contributed by atoms with E-state index in [2.05, 4.69) is 51.4 Å². The summed E-state index contributed by atoms with van der Waals surface area (Å²) >= 11 is 2.30. The first-order valence-electron chi connectivity index (χ1n) is 9.89. The number of aromatic nitrogens is 3. The number of carboxylic acids is 1. The van der Waals surface area contributed by atoms with Gasteiger partial charge in [-0.15, -0.1) is 0 Å². The average Bonchev–Trinajstić information content (AvgIpc) is 3.04. The number of hydrogen-bond donors (Lipinski definition) is 1. The van der Waals surface area contributed by atoms with Gasteiger partial charge >= 0.3 is 5.97 Å². The standard InChI is InChI=1S/C22H24IN3O2/c1-3-6-16(22(27)28)18-13(2)24-21-20(26-12-5-4-7-17(26)25-21)19(18)14-8-10-15(23)11-9-14/h8-11,16H,3-7,12H2,1-2H3,(H,27,28). The molecule has 0 fully saturated rings. The molecule has 3 aromatic rings. The molecular formula is C22H24IN3O2. The van der Waals surface area contributed by atoms with Crippen LogP contribution in [-0.2, 0) is 17.8 Å². The molecule has 3 heterocycles. The molecule has 1 aromatic carbocycles. The molecule has 28 heavy (non-hydrogen) atoms. The van der Waals surface area contributed by atoms with Crippen molar-refractivity contribution in [2.24, 2.45) is 0 Å². The number of carboxylic acid groups (broad SMARTS) is 1. The van der Waals surface area contributed by atoms with Crippen molar-refractivity contribution in [1.29, 1.82) is 0 Å². The van der Waals surface area contributed by atoms with Gasteiger partial charge in [0.25, 0.3) is 0 Å². The van der Waals surface area contributed by atoms with E-state index in [-0.39, 0.29) is 0 Å². The minimum absolute atomic E-state index is 0.564. The summed E-state index contributed by atoms with van der Waals surface area (Å²) in [5.74, 6) is -0.276. The summed E-state index contributed by atoms with van der Waals surface area (Å²) in [6.07, 6.45) is 4.62. The summed E-state index contributed by atoms with van der Waals surface area (Å²) in [6.45, 7) is 4.87. The first-order valence-corrected chi connectivity index (χ1v) is 11.0. The van der Waals surface area contributed by atoms with Crippen LogP contribution >= 0.6 is 22.6 Å². The van der Waals surface area contributed by atoms with Crippen LogP contribution in [0, 0.1) is 10.5 Å². The summed E-state index contributed by atoms with van der Waals surface area (Å²) in [5, 5.41) is 10.0. The van der Waals surface area contributed by atoms with Crippen molar-refractivity contribution in [2.75, 3.05) is 0 Å². The lowest BCUT2D eigenvalue weighted by Gasteiger charge is -2.22. The van der Waals surface area contributed by atoms with Gasteiger partial charge < -0.3 is 9.67 Å². The molecular weight excluding hydrogens is 465 g/mol. The van der Waals surface area contributed by atoms with E-state index in [1.54, 1.807) is 0 Å². The van der Waals surface area contributed by atoms with Gasteiger partial charge in [-0.1, -0.05) is 25.5 Å². The molecule has 1 atom stereocenters. The highest BCUT2D eigenvalue weighted by atomic mass is 127. The fourth-order valence-electron chi connectivity index (χ4n) is 4.34. The number of aryl methyl sites for hydroxylation is 3. The highest BCUT2D eigenvalue weighted by molar-refractivity contribution is 14.1. The van der Waals surface area contributed by atoms with E-state index in [0.717, 1.165) is 75.2 Å². The van der Waals surface area contributed by atoms with Crippen LogP contribution in [0.25, 0.3) is 22.3 Å². The molecule has 2 aromatic heterocycles. The van der Waals surface area contributed by atoms with Crippen molar-refractivity contribution in [2.45, 2.75) is 58.4 Å². The maximum Gasteiger partial charge on any atom is 0.311 e. The van der Waals surface area contributed by atoms with Gasteiger partial charge in [0.05, 0.1) is 11.4 Å². The quantitative estimate of drug-likeness (QED) is 0.493. The average molecular weight is 489 g/mol. The second kappa shape index (κ2) is 7.81. The molecule has 0 radical (unpaired) electrons. The van der Waals surface area contributed by atoms with Gasteiger partial charge in [0, 0.05) is 27.8 Å². The number of rotatable bonds is 5. The molecule has 0 bridgehead atoms. The Hall–Kier alpha value is -1.96. The van der Waals surface area contributed by atoms with E-state index in [9.17, 15) is 9.90 Å². The van der Waals surface area contributed by atoms with E-state index in [1.807, 2.05) is 13.8 Å². The highest BCUT2D eigenvalue weighted by Gasteiger charge is 2.30. The number of halogens is 1. The molecule has 4 rings (SSSR count). The van der Waals surface area contributed by atoms with E-state index < -0.39 is 11.9 Å². The summed E-state index contributed by atoms with van der Waals surface area (Å²) in [4.78, 5) is 21.8. The molecule has 146 valence electrons. The zero-order valence-electron chi connectivity index (χ0n) is 16.2. The summed E-state index contributed by atoms with van der Waals surface area (Å²) in [6, 6.07) is 8.33. The fourth-order valence-corrected chi connectivity index (χ4v) is 4.70. The van der Waals surface area contributed by atoms with Gasteiger partial charge in [-0.2, -0.15) is 0 Å². The second-order valence-electron chi connectivity index (χ2n) is 7.48. The Morgan fingerprint density at radius 2 is 2.00 bits per heavy atom. The molecule has 1 N–H and O–H groups in total. The first-order chi connectivity index (χ1) is 13.5. The number of benzene rings is 1. The SMILES string of the molecule is CCCC(C(=O)O)c1c(C)nc2nc3n(c2c1-c1ccc(I)cc1)CCCC3. The van der Waals surface area contributed by atoms with Crippen molar-refractivity contribution in [1.82, 2.24) is 14.5 Å². The van der Waals surface area contributed by atoms with Gasteiger partial charge in [-0.3, -0.25) is 4.79 Å². The molecule has 0 aliphatic carbocycles. The molecule has 1 aliphatic heterocycles. The number of imidazole rings is 1. The lowest BCUT2D eigenvalue weighted by molar-refractivity contribution is -0.139. The Bertz CT molecular complexity index is 1040. The van der Waals surface area contributed by atoms with Crippen LogP contribution in [0.4, 0.5) is 0 Å². The molecule has 1 aliphatic rings. The number of carbonyl (C=O) groups is 1. The number of fused-ring (bicyclic) bond motifs is 3. The van der Waals surface area contributed by atoms with Crippen molar-refractivity contribution < 1.29 is 9.90 Å². The van der Waals surface area contributed by atoms with Crippen molar-refractivity contribution in [3.63, 3.8) is 0 Å². The third-order valence-electron chi connectivity index (χ3n) is 5.59. The topological polar surface area (TPSA) is 68.0 Å². The maximum absolute atomic E-state index is 12.2. The summed E-state index contributed by atoms with van der Waals surface area (Å²) in [7, 11) is 0. The second-order valence-corrected chi connectivity index (χ2v) is 8.73. The van der Waals surface area contributed by atoms with Crippen molar-refractivity contribution in [3.8, 4) is 11.1 Å². The van der Waals surface area contributed by atoms with Gasteiger partial charge in [0.15, 0.2) is 5.65 Å². The first kappa shape index (κ1) is 19.4. The minimum Gasteiger partial charge on any atom is -0.481 e. The van der Waals surface area contributed by atoms with E-state index >= 15 is 0 Å².